The van der Waals surface area contributed by atoms with Gasteiger partial charge in [0.2, 0.25) is 0 Å². The molecule has 0 heterocycles. The highest BCUT2D eigenvalue weighted by molar-refractivity contribution is 6.43. The van der Waals surface area contributed by atoms with E-state index in [0.29, 0.717) is 5.56 Å². The molecular weight excluding hydrogens is 204 g/mol. The molecule has 0 aliphatic carbocycles. The van der Waals surface area contributed by atoms with Gasteiger partial charge in [0.05, 0.1) is 7.11 Å². The third-order valence-electron chi connectivity index (χ3n) is 1.70. The number of hydrogen-bond acceptors (Lipinski definition) is 3. The third-order valence-corrected chi connectivity index (χ3v) is 2.07. The van der Waals surface area contributed by atoms with E-state index in [1.54, 1.807) is 30.3 Å². The normalized spacial score (nSPS) is 11.9. The first kappa shape index (κ1) is 10.7. The fourth-order valence-electron chi connectivity index (χ4n) is 0.959. The number of ether oxygens (including phenoxy) is 1. The number of Topliss-reactive ketones (excluding diaryl/α,β-unsaturated/α-hetero) is 1. The van der Waals surface area contributed by atoms with Crippen LogP contribution in [-0.2, 0) is 9.53 Å². The molecule has 4 heteroatoms. The van der Waals surface area contributed by atoms with Crippen molar-refractivity contribution in [3.63, 3.8) is 0 Å². The highest BCUT2D eigenvalue weighted by atomic mass is 35.5. The molecule has 14 heavy (non-hydrogen) atoms. The number of carbonyl (C=O) groups is 2. The van der Waals surface area contributed by atoms with Crippen LogP contribution < -0.4 is 0 Å². The molecule has 0 saturated heterocycles. The molecule has 0 radical (unpaired) electrons. The van der Waals surface area contributed by atoms with Crippen LogP contribution in [0.2, 0.25) is 0 Å². The van der Waals surface area contributed by atoms with Crippen molar-refractivity contribution in [3.05, 3.63) is 35.9 Å². The van der Waals surface area contributed by atoms with E-state index in [0.717, 1.165) is 0 Å². The lowest BCUT2D eigenvalue weighted by atomic mass is 10.1. The molecular formula is C10H9ClO3. The summed E-state index contributed by atoms with van der Waals surface area (Å²) in [6.45, 7) is 0. The highest BCUT2D eigenvalue weighted by Gasteiger charge is 2.25. The minimum atomic E-state index is -1.26. The van der Waals surface area contributed by atoms with Crippen molar-refractivity contribution < 1.29 is 14.3 Å². The topological polar surface area (TPSA) is 43.4 Å². The second kappa shape index (κ2) is 4.77. The van der Waals surface area contributed by atoms with Crippen molar-refractivity contribution in [1.29, 1.82) is 0 Å². The average molecular weight is 213 g/mol. The van der Waals surface area contributed by atoms with Crippen LogP contribution in [0.4, 0.5) is 0 Å². The molecule has 1 rings (SSSR count). The number of benzene rings is 1. The minimum Gasteiger partial charge on any atom is -0.468 e. The summed E-state index contributed by atoms with van der Waals surface area (Å²) in [5, 5.41) is -1.26. The van der Waals surface area contributed by atoms with Gasteiger partial charge < -0.3 is 4.74 Å². The Hall–Kier alpha value is -1.35. The first-order valence-corrected chi connectivity index (χ1v) is 4.41. The summed E-state index contributed by atoms with van der Waals surface area (Å²) in [5.74, 6) is -1.18. The number of alkyl halides is 1. The van der Waals surface area contributed by atoms with Gasteiger partial charge in [-0.15, -0.1) is 11.6 Å². The van der Waals surface area contributed by atoms with Crippen LogP contribution in [0.1, 0.15) is 10.4 Å². The lowest BCUT2D eigenvalue weighted by Gasteiger charge is -2.05. The van der Waals surface area contributed by atoms with Gasteiger partial charge in [-0.3, -0.25) is 4.79 Å². The summed E-state index contributed by atoms with van der Waals surface area (Å²) >= 11 is 5.59. The Morgan fingerprint density at radius 2 is 1.86 bits per heavy atom. The highest BCUT2D eigenvalue weighted by Crippen LogP contribution is 2.09. The van der Waals surface area contributed by atoms with Gasteiger partial charge in [0.25, 0.3) is 0 Å². The quantitative estimate of drug-likeness (QED) is 0.331. The van der Waals surface area contributed by atoms with Crippen molar-refractivity contribution in [3.8, 4) is 0 Å². The maximum Gasteiger partial charge on any atom is 0.331 e. The van der Waals surface area contributed by atoms with Crippen molar-refractivity contribution in [2.24, 2.45) is 0 Å². The molecule has 0 bridgehead atoms. The molecule has 1 aromatic rings. The summed E-state index contributed by atoms with van der Waals surface area (Å²) in [6, 6.07) is 8.38. The van der Waals surface area contributed by atoms with E-state index >= 15 is 0 Å². The second-order valence-corrected chi connectivity index (χ2v) is 3.05. The molecule has 0 N–H and O–H groups in total. The minimum absolute atomic E-state index is 0.401. The Kier molecular flexibility index (Phi) is 3.65. The number of carbonyl (C=O) groups excluding carboxylic acids is 2. The zero-order valence-electron chi connectivity index (χ0n) is 7.57. The predicted molar refractivity (Wildman–Crippen MR) is 52.4 cm³/mol. The zero-order valence-corrected chi connectivity index (χ0v) is 8.32. The van der Waals surface area contributed by atoms with Gasteiger partial charge in [0, 0.05) is 5.56 Å². The maximum atomic E-state index is 11.5. The third kappa shape index (κ3) is 2.33. The van der Waals surface area contributed by atoms with Crippen molar-refractivity contribution >= 4 is 23.4 Å². The molecule has 74 valence electrons. The summed E-state index contributed by atoms with van der Waals surface area (Å²) in [4.78, 5) is 22.5. The monoisotopic (exact) mass is 212 g/mol. The molecule has 0 aliphatic heterocycles. The van der Waals surface area contributed by atoms with Crippen LogP contribution in [0.25, 0.3) is 0 Å². The predicted octanol–water partition coefficient (Wildman–Crippen LogP) is 1.65. The zero-order chi connectivity index (χ0) is 10.6. The standard InChI is InChI=1S/C10H9ClO3/c1-14-10(13)8(11)9(12)7-5-3-2-4-6-7/h2-6,8H,1H3. The van der Waals surface area contributed by atoms with Crippen molar-refractivity contribution in [2.75, 3.05) is 7.11 Å². The summed E-state index contributed by atoms with van der Waals surface area (Å²) < 4.78 is 4.36. The smallest absolute Gasteiger partial charge is 0.331 e. The Morgan fingerprint density at radius 1 is 1.29 bits per heavy atom. The van der Waals surface area contributed by atoms with Crippen molar-refractivity contribution in [2.45, 2.75) is 5.38 Å². The van der Waals surface area contributed by atoms with Crippen LogP contribution in [0.3, 0.4) is 0 Å². The molecule has 3 nitrogen and oxygen atoms in total. The SMILES string of the molecule is COC(=O)C(Cl)C(=O)c1ccccc1. The van der Waals surface area contributed by atoms with Crippen LogP contribution in [-0.4, -0.2) is 24.2 Å². The summed E-state index contributed by atoms with van der Waals surface area (Å²) in [7, 11) is 1.19. The van der Waals surface area contributed by atoms with Gasteiger partial charge >= 0.3 is 5.97 Å². The molecule has 0 spiro atoms. The molecule has 1 atom stereocenters. The largest absolute Gasteiger partial charge is 0.468 e. The van der Waals surface area contributed by atoms with E-state index in [1.807, 2.05) is 0 Å². The number of methoxy groups -OCH3 is 1. The summed E-state index contributed by atoms with van der Waals surface area (Å²) in [5.41, 5.74) is 0.401. The Balaban J connectivity index is 2.81. The van der Waals surface area contributed by atoms with Gasteiger partial charge in [-0.2, -0.15) is 0 Å². The number of rotatable bonds is 3. The number of ketones is 1. The number of hydrogen-bond donors (Lipinski definition) is 0. The fourth-order valence-corrected chi connectivity index (χ4v) is 1.17. The molecule has 1 aromatic carbocycles. The Labute approximate surface area is 86.6 Å². The van der Waals surface area contributed by atoms with Crippen LogP contribution in [0.15, 0.2) is 30.3 Å². The molecule has 0 aromatic heterocycles. The summed E-state index contributed by atoms with van der Waals surface area (Å²) in [6.07, 6.45) is 0. The first-order chi connectivity index (χ1) is 6.66. The van der Waals surface area contributed by atoms with E-state index in [-0.39, 0.29) is 0 Å². The van der Waals surface area contributed by atoms with E-state index in [4.69, 9.17) is 11.6 Å². The maximum absolute atomic E-state index is 11.5. The van der Waals surface area contributed by atoms with Gasteiger partial charge in [0.1, 0.15) is 0 Å². The molecule has 0 saturated carbocycles. The van der Waals surface area contributed by atoms with Crippen molar-refractivity contribution in [1.82, 2.24) is 0 Å². The Bertz CT molecular complexity index is 334. The number of halogens is 1. The first-order valence-electron chi connectivity index (χ1n) is 3.98. The average Bonchev–Trinajstić information content (AvgIpc) is 2.27. The molecule has 0 amide bonds. The van der Waals surface area contributed by atoms with Gasteiger partial charge in [0.15, 0.2) is 11.2 Å². The van der Waals surface area contributed by atoms with Gasteiger partial charge in [-0.25, -0.2) is 4.79 Å². The lowest BCUT2D eigenvalue weighted by molar-refractivity contribution is -0.139. The van der Waals surface area contributed by atoms with Crippen LogP contribution in [0.5, 0.6) is 0 Å². The van der Waals surface area contributed by atoms with Crippen LogP contribution >= 0.6 is 11.6 Å². The Morgan fingerprint density at radius 3 is 2.36 bits per heavy atom. The molecule has 0 fully saturated rings. The van der Waals surface area contributed by atoms with Gasteiger partial charge in [-0.1, -0.05) is 30.3 Å². The van der Waals surface area contributed by atoms with Gasteiger partial charge in [-0.05, 0) is 0 Å². The molecule has 1 unspecified atom stereocenters. The van der Waals surface area contributed by atoms with E-state index in [9.17, 15) is 9.59 Å². The fraction of sp³-hybridized carbons (Fsp3) is 0.200. The number of esters is 1. The second-order valence-electron chi connectivity index (χ2n) is 2.62. The van der Waals surface area contributed by atoms with E-state index in [2.05, 4.69) is 4.74 Å². The lowest BCUT2D eigenvalue weighted by Crippen LogP contribution is -2.25. The van der Waals surface area contributed by atoms with E-state index < -0.39 is 17.1 Å². The van der Waals surface area contributed by atoms with Crippen LogP contribution in [0, 0.1) is 0 Å². The van der Waals surface area contributed by atoms with E-state index in [1.165, 1.54) is 7.11 Å². The molecule has 0 aliphatic rings.